The lowest BCUT2D eigenvalue weighted by Gasteiger charge is -2.25. The molecular formula is C20H21F3N8O. The van der Waals surface area contributed by atoms with Crippen LogP contribution in [0.5, 0.6) is 0 Å². The molecule has 4 aromatic rings. The lowest BCUT2D eigenvalue weighted by molar-refractivity contribution is -0.141. The number of alkyl halides is 3. The van der Waals surface area contributed by atoms with E-state index >= 15 is 0 Å². The molecule has 1 aliphatic rings. The molecule has 4 aromatic heterocycles. The van der Waals surface area contributed by atoms with E-state index in [-0.39, 0.29) is 17.3 Å². The minimum atomic E-state index is -4.47. The maximum Gasteiger partial charge on any atom is 0.408 e. The monoisotopic (exact) mass is 446 g/mol. The average Bonchev–Trinajstić information content (AvgIpc) is 3.48. The fourth-order valence-corrected chi connectivity index (χ4v) is 4.33. The first-order valence-corrected chi connectivity index (χ1v) is 10.1. The van der Waals surface area contributed by atoms with Gasteiger partial charge in [-0.15, -0.1) is 0 Å². The van der Waals surface area contributed by atoms with Gasteiger partial charge in [-0.3, -0.25) is 14.5 Å². The van der Waals surface area contributed by atoms with Crippen molar-refractivity contribution in [3.05, 3.63) is 30.6 Å². The van der Waals surface area contributed by atoms with Crippen LogP contribution in [0.1, 0.15) is 13.3 Å². The number of nitrogens with zero attached hydrogens (tertiary/aromatic N) is 7. The number of aryl methyl sites for hydroxylation is 1. The van der Waals surface area contributed by atoms with Crippen molar-refractivity contribution < 1.29 is 18.3 Å². The van der Waals surface area contributed by atoms with Crippen LogP contribution in [0.25, 0.3) is 33.8 Å². The number of halogens is 3. The Hall–Kier alpha value is -3.41. The molecule has 168 valence electrons. The molecule has 1 fully saturated rings. The number of pyridine rings is 1. The highest BCUT2D eigenvalue weighted by Crippen LogP contribution is 2.39. The summed E-state index contributed by atoms with van der Waals surface area (Å²) in [5.74, 6) is 0. The topological polar surface area (TPSA) is 101 Å². The van der Waals surface area contributed by atoms with Crippen LogP contribution < -0.4 is 4.90 Å². The lowest BCUT2D eigenvalue weighted by atomic mass is 10.1. The predicted octanol–water partition coefficient (Wildman–Crippen LogP) is 2.74. The maximum atomic E-state index is 13.5. The van der Waals surface area contributed by atoms with Gasteiger partial charge < -0.3 is 10.0 Å². The highest BCUT2D eigenvalue weighted by atomic mass is 19.4. The predicted molar refractivity (Wildman–Crippen MR) is 111 cm³/mol. The van der Waals surface area contributed by atoms with E-state index in [9.17, 15) is 18.3 Å². The second-order valence-corrected chi connectivity index (χ2v) is 8.05. The Labute approximate surface area is 180 Å². The van der Waals surface area contributed by atoms with Crippen molar-refractivity contribution in [3.63, 3.8) is 0 Å². The maximum absolute atomic E-state index is 13.5. The molecule has 0 bridgehead atoms. The minimum absolute atomic E-state index is 0.0696. The molecule has 0 aromatic carbocycles. The fourth-order valence-electron chi connectivity index (χ4n) is 4.33. The third-order valence-electron chi connectivity index (χ3n) is 5.71. The number of fused-ring (bicyclic) bond motifs is 1. The van der Waals surface area contributed by atoms with Gasteiger partial charge in [-0.05, 0) is 31.5 Å². The zero-order valence-electron chi connectivity index (χ0n) is 17.4. The summed E-state index contributed by atoms with van der Waals surface area (Å²) in [5, 5.41) is 25.4. The van der Waals surface area contributed by atoms with Gasteiger partial charge in [-0.2, -0.15) is 28.5 Å². The first-order valence-electron chi connectivity index (χ1n) is 10.1. The Kier molecular flexibility index (Phi) is 4.69. The van der Waals surface area contributed by atoms with Crippen LogP contribution in [0.15, 0.2) is 30.6 Å². The molecule has 1 aliphatic heterocycles. The zero-order chi connectivity index (χ0) is 22.6. The van der Waals surface area contributed by atoms with Gasteiger partial charge in [0.15, 0.2) is 0 Å². The number of aliphatic hydroxyl groups excluding tert-OH is 1. The minimum Gasteiger partial charge on any atom is -0.391 e. The first-order chi connectivity index (χ1) is 15.2. The highest BCUT2D eigenvalue weighted by Gasteiger charge is 2.35. The van der Waals surface area contributed by atoms with E-state index in [1.807, 2.05) is 11.8 Å². The van der Waals surface area contributed by atoms with Crippen LogP contribution in [0.4, 0.5) is 18.9 Å². The molecule has 0 saturated carbocycles. The summed E-state index contributed by atoms with van der Waals surface area (Å²) in [6.45, 7) is 0.982. The molecule has 0 unspecified atom stereocenters. The third kappa shape index (κ3) is 3.49. The Bertz CT molecular complexity index is 1260. The van der Waals surface area contributed by atoms with E-state index in [0.29, 0.717) is 41.3 Å². The number of H-pyrrole nitrogens is 1. The summed E-state index contributed by atoms with van der Waals surface area (Å²) >= 11 is 0. The van der Waals surface area contributed by atoms with E-state index < -0.39 is 18.8 Å². The van der Waals surface area contributed by atoms with Gasteiger partial charge in [0.1, 0.15) is 23.3 Å². The summed E-state index contributed by atoms with van der Waals surface area (Å²) < 4.78 is 43.0. The molecule has 0 aliphatic carbocycles. The lowest BCUT2D eigenvalue weighted by Crippen LogP contribution is -2.28. The molecule has 5 heterocycles. The van der Waals surface area contributed by atoms with Gasteiger partial charge in [-0.1, -0.05) is 0 Å². The molecule has 0 radical (unpaired) electrons. The van der Waals surface area contributed by atoms with Gasteiger partial charge in [0.05, 0.1) is 28.9 Å². The van der Waals surface area contributed by atoms with Gasteiger partial charge >= 0.3 is 6.18 Å². The highest BCUT2D eigenvalue weighted by molar-refractivity contribution is 5.99. The molecule has 5 rings (SSSR count). The van der Waals surface area contributed by atoms with Gasteiger partial charge in [-0.25, -0.2) is 4.98 Å². The van der Waals surface area contributed by atoms with Crippen LogP contribution in [0.2, 0.25) is 0 Å². The number of nitrogens with one attached hydrogen (secondary N) is 1. The van der Waals surface area contributed by atoms with Gasteiger partial charge in [0.25, 0.3) is 0 Å². The molecule has 2 N–H and O–H groups in total. The van der Waals surface area contributed by atoms with Crippen molar-refractivity contribution in [1.82, 2.24) is 34.7 Å². The van der Waals surface area contributed by atoms with Crippen molar-refractivity contribution in [3.8, 4) is 22.8 Å². The van der Waals surface area contributed by atoms with E-state index in [1.165, 1.54) is 6.20 Å². The van der Waals surface area contributed by atoms with Crippen LogP contribution in [-0.2, 0) is 13.6 Å². The summed E-state index contributed by atoms with van der Waals surface area (Å²) in [4.78, 5) is 6.63. The first kappa shape index (κ1) is 20.5. The van der Waals surface area contributed by atoms with Crippen molar-refractivity contribution in [2.75, 3.05) is 11.4 Å². The smallest absolute Gasteiger partial charge is 0.391 e. The molecular weight excluding hydrogens is 425 g/mol. The summed E-state index contributed by atoms with van der Waals surface area (Å²) in [7, 11) is 1.77. The third-order valence-corrected chi connectivity index (χ3v) is 5.71. The zero-order valence-corrected chi connectivity index (χ0v) is 17.4. The van der Waals surface area contributed by atoms with Crippen molar-refractivity contribution >= 4 is 16.7 Å². The van der Waals surface area contributed by atoms with Crippen molar-refractivity contribution in [1.29, 1.82) is 0 Å². The van der Waals surface area contributed by atoms with E-state index in [2.05, 4.69) is 20.4 Å². The average molecular weight is 446 g/mol. The molecule has 2 atom stereocenters. The van der Waals surface area contributed by atoms with Crippen LogP contribution >= 0.6 is 0 Å². The van der Waals surface area contributed by atoms with E-state index in [1.54, 1.807) is 36.1 Å². The van der Waals surface area contributed by atoms with Crippen LogP contribution in [-0.4, -0.2) is 64.7 Å². The Morgan fingerprint density at radius 1 is 1.25 bits per heavy atom. The largest absolute Gasteiger partial charge is 0.408 e. The Morgan fingerprint density at radius 2 is 2.06 bits per heavy atom. The number of rotatable bonds is 4. The van der Waals surface area contributed by atoms with Gasteiger partial charge in [0.2, 0.25) is 0 Å². The van der Waals surface area contributed by atoms with Crippen molar-refractivity contribution in [2.45, 2.75) is 38.2 Å². The second kappa shape index (κ2) is 7.33. The Balaban J connectivity index is 1.83. The number of hydrogen-bond acceptors (Lipinski definition) is 6. The number of aromatic amines is 1. The van der Waals surface area contributed by atoms with Crippen LogP contribution in [0, 0.1) is 0 Å². The second-order valence-electron chi connectivity index (χ2n) is 8.05. The number of aliphatic hydroxyl groups is 1. The molecule has 0 amide bonds. The summed E-state index contributed by atoms with van der Waals surface area (Å²) in [6, 6.07) is 5.11. The van der Waals surface area contributed by atoms with E-state index in [0.717, 1.165) is 4.68 Å². The molecule has 1 saturated heterocycles. The van der Waals surface area contributed by atoms with Crippen molar-refractivity contribution in [2.24, 2.45) is 7.05 Å². The normalized spacial score (nSPS) is 19.4. The SMILES string of the molecule is C[C@@H]1C[C@@H](O)CN1c1cc(-c2ccnn2C)nc2c(-c3ccn[nH]3)nn(CC(F)(F)F)c12. The quantitative estimate of drug-likeness (QED) is 0.500. The molecule has 32 heavy (non-hydrogen) atoms. The fraction of sp³-hybridized carbons (Fsp3) is 0.400. The number of anilines is 1. The molecule has 12 heteroatoms. The molecule has 0 spiro atoms. The van der Waals surface area contributed by atoms with Crippen LogP contribution in [0.3, 0.4) is 0 Å². The Morgan fingerprint density at radius 3 is 2.66 bits per heavy atom. The number of aromatic nitrogens is 7. The standard InChI is InChI=1S/C20H21F3N8O/c1-11-7-12(32)9-30(11)16-8-14(15-4-6-25-29(15)2)26-18-17(13-3-5-24-27-13)28-31(19(16)18)10-20(21,22)23/h3-6,8,11-12,32H,7,9-10H2,1-2H3,(H,24,27)/t11-,12-/m1/s1. The summed E-state index contributed by atoms with van der Waals surface area (Å²) in [5.41, 5.74) is 3.12. The number of β-amino-alcohol motifs (C(OH)–C–C–N with tert-alkyl or cyclic N) is 1. The molecule has 9 nitrogen and oxygen atoms in total. The van der Waals surface area contributed by atoms with Gasteiger partial charge in [0, 0.05) is 32.0 Å². The number of hydrogen-bond donors (Lipinski definition) is 2. The van der Waals surface area contributed by atoms with E-state index in [4.69, 9.17) is 4.98 Å². The summed E-state index contributed by atoms with van der Waals surface area (Å²) in [6.07, 6.45) is -1.38.